The Morgan fingerprint density at radius 1 is 1.32 bits per heavy atom. The third-order valence-corrected chi connectivity index (χ3v) is 4.77. The number of aryl methyl sites for hydroxylation is 1. The number of aromatic nitrogens is 2. The Labute approximate surface area is 122 Å². The first-order chi connectivity index (χ1) is 9.17. The zero-order chi connectivity index (χ0) is 13.4. The molecule has 0 saturated carbocycles. The Morgan fingerprint density at radius 3 is 2.63 bits per heavy atom. The second kappa shape index (κ2) is 5.27. The summed E-state index contributed by atoms with van der Waals surface area (Å²) < 4.78 is 5.54. The predicted octanol–water partition coefficient (Wildman–Crippen LogP) is 3.08. The van der Waals surface area contributed by atoms with Gasteiger partial charge in [-0.15, -0.1) is 0 Å². The maximum absolute atomic E-state index is 5.54. The van der Waals surface area contributed by atoms with Crippen LogP contribution in [0.5, 0.6) is 5.88 Å². The van der Waals surface area contributed by atoms with Crippen LogP contribution in [0.2, 0.25) is 0 Å². The van der Waals surface area contributed by atoms with Crippen LogP contribution in [-0.2, 0) is 0 Å². The minimum atomic E-state index is 0.583. The van der Waals surface area contributed by atoms with Crippen LogP contribution in [0.1, 0.15) is 38.3 Å². The Morgan fingerprint density at radius 2 is 2.00 bits per heavy atom. The molecule has 0 aliphatic carbocycles. The molecule has 2 fully saturated rings. The van der Waals surface area contributed by atoms with Gasteiger partial charge in [0, 0.05) is 28.7 Å². The van der Waals surface area contributed by atoms with E-state index in [0.717, 1.165) is 11.6 Å². The quantitative estimate of drug-likeness (QED) is 0.800. The smallest absolute Gasteiger partial charge is 0.229 e. The molecule has 4 nitrogen and oxygen atoms in total. The second-order valence-corrected chi connectivity index (χ2v) is 6.74. The monoisotopic (exact) mass is 325 g/mol. The lowest BCUT2D eigenvalue weighted by atomic mass is 10.0. The van der Waals surface area contributed by atoms with Gasteiger partial charge in [-0.3, -0.25) is 0 Å². The number of halogens is 1. The van der Waals surface area contributed by atoms with E-state index in [0.29, 0.717) is 29.4 Å². The van der Waals surface area contributed by atoms with Gasteiger partial charge in [-0.1, -0.05) is 15.9 Å². The van der Waals surface area contributed by atoms with Gasteiger partial charge in [0.15, 0.2) is 0 Å². The molecule has 0 radical (unpaired) electrons. The van der Waals surface area contributed by atoms with Crippen LogP contribution >= 0.6 is 15.9 Å². The van der Waals surface area contributed by atoms with Crippen molar-refractivity contribution in [1.29, 1.82) is 0 Å². The average molecular weight is 326 g/mol. The normalized spacial score (nSPS) is 29.6. The molecule has 19 heavy (non-hydrogen) atoms. The van der Waals surface area contributed by atoms with Crippen LogP contribution in [0.15, 0.2) is 6.07 Å². The van der Waals surface area contributed by atoms with E-state index < -0.39 is 0 Å². The summed E-state index contributed by atoms with van der Waals surface area (Å²) >= 11 is 3.77. The molecule has 0 aromatic carbocycles. The summed E-state index contributed by atoms with van der Waals surface area (Å²) in [6.07, 6.45) is 4.90. The number of fused-ring (bicyclic) bond motifs is 2. The zero-order valence-corrected chi connectivity index (χ0v) is 13.1. The van der Waals surface area contributed by atoms with Crippen molar-refractivity contribution in [3.63, 3.8) is 0 Å². The lowest BCUT2D eigenvalue weighted by Crippen LogP contribution is -2.44. The molecule has 1 aromatic heterocycles. The zero-order valence-electron chi connectivity index (χ0n) is 11.5. The fourth-order valence-corrected chi connectivity index (χ4v) is 4.16. The van der Waals surface area contributed by atoms with E-state index >= 15 is 0 Å². The lowest BCUT2D eigenvalue weighted by molar-refractivity contribution is 0.325. The van der Waals surface area contributed by atoms with Crippen LogP contribution < -0.4 is 9.64 Å². The van der Waals surface area contributed by atoms with Crippen molar-refractivity contribution >= 4 is 21.9 Å². The van der Waals surface area contributed by atoms with Crippen LogP contribution in [0.3, 0.4) is 0 Å². The SMILES string of the molecule is CCOc1cc(C)nc(N2C3CCC2CC(Br)C3)n1. The third kappa shape index (κ3) is 2.57. The Balaban J connectivity index is 1.90. The topological polar surface area (TPSA) is 38.2 Å². The lowest BCUT2D eigenvalue weighted by Gasteiger charge is -2.37. The van der Waals surface area contributed by atoms with Crippen LogP contribution in [0.4, 0.5) is 5.95 Å². The number of ether oxygens (including phenoxy) is 1. The Hall–Kier alpha value is -0.840. The molecule has 104 valence electrons. The molecule has 2 unspecified atom stereocenters. The maximum Gasteiger partial charge on any atom is 0.229 e. The first-order valence-corrected chi connectivity index (χ1v) is 8.00. The number of rotatable bonds is 3. The molecule has 2 aliphatic heterocycles. The third-order valence-electron chi connectivity index (χ3n) is 4.02. The van der Waals surface area contributed by atoms with Crippen LogP contribution in [-0.4, -0.2) is 33.5 Å². The van der Waals surface area contributed by atoms with E-state index in [-0.39, 0.29) is 0 Å². The van der Waals surface area contributed by atoms with E-state index in [9.17, 15) is 0 Å². The first-order valence-electron chi connectivity index (χ1n) is 7.08. The molecule has 2 aliphatic rings. The molecule has 2 bridgehead atoms. The minimum absolute atomic E-state index is 0.583. The molecule has 3 heterocycles. The molecule has 0 N–H and O–H groups in total. The van der Waals surface area contributed by atoms with Gasteiger partial charge < -0.3 is 9.64 Å². The van der Waals surface area contributed by atoms with E-state index in [1.165, 1.54) is 25.7 Å². The van der Waals surface area contributed by atoms with Gasteiger partial charge in [-0.25, -0.2) is 4.98 Å². The maximum atomic E-state index is 5.54. The van der Waals surface area contributed by atoms with Gasteiger partial charge >= 0.3 is 0 Å². The molecule has 5 heteroatoms. The number of hydrogen-bond donors (Lipinski definition) is 0. The number of nitrogens with zero attached hydrogens (tertiary/aromatic N) is 3. The largest absolute Gasteiger partial charge is 0.478 e. The molecule has 0 amide bonds. The van der Waals surface area contributed by atoms with Crippen molar-refractivity contribution in [2.75, 3.05) is 11.5 Å². The fourth-order valence-electron chi connectivity index (χ4n) is 3.30. The van der Waals surface area contributed by atoms with E-state index in [4.69, 9.17) is 4.74 Å². The summed E-state index contributed by atoms with van der Waals surface area (Å²) in [5, 5.41) is 0. The summed E-state index contributed by atoms with van der Waals surface area (Å²) in [5.74, 6) is 1.56. The molecule has 0 spiro atoms. The molecular formula is C14H20BrN3O. The highest BCUT2D eigenvalue weighted by atomic mass is 79.9. The summed E-state index contributed by atoms with van der Waals surface area (Å²) in [6.45, 7) is 4.64. The number of anilines is 1. The van der Waals surface area contributed by atoms with Crippen LogP contribution in [0, 0.1) is 6.92 Å². The molecular weight excluding hydrogens is 306 g/mol. The van der Waals surface area contributed by atoms with Crippen molar-refractivity contribution in [3.05, 3.63) is 11.8 Å². The van der Waals surface area contributed by atoms with Crippen molar-refractivity contribution in [2.24, 2.45) is 0 Å². The molecule has 2 atom stereocenters. The highest BCUT2D eigenvalue weighted by molar-refractivity contribution is 9.09. The highest BCUT2D eigenvalue weighted by Gasteiger charge is 2.41. The van der Waals surface area contributed by atoms with Gasteiger partial charge in [-0.05, 0) is 39.5 Å². The first kappa shape index (κ1) is 13.2. The number of hydrogen-bond acceptors (Lipinski definition) is 4. The molecule has 3 rings (SSSR count). The van der Waals surface area contributed by atoms with Crippen molar-refractivity contribution < 1.29 is 4.74 Å². The van der Waals surface area contributed by atoms with Crippen molar-refractivity contribution in [2.45, 2.75) is 56.4 Å². The minimum Gasteiger partial charge on any atom is -0.478 e. The van der Waals surface area contributed by atoms with Gasteiger partial charge in [0.25, 0.3) is 0 Å². The predicted molar refractivity (Wildman–Crippen MR) is 79.2 cm³/mol. The van der Waals surface area contributed by atoms with E-state index in [1.54, 1.807) is 0 Å². The number of alkyl halides is 1. The van der Waals surface area contributed by atoms with Gasteiger partial charge in [-0.2, -0.15) is 4.98 Å². The van der Waals surface area contributed by atoms with E-state index in [2.05, 4.69) is 30.8 Å². The molecule has 2 saturated heterocycles. The van der Waals surface area contributed by atoms with Gasteiger partial charge in [0.05, 0.1) is 6.61 Å². The fraction of sp³-hybridized carbons (Fsp3) is 0.714. The van der Waals surface area contributed by atoms with Gasteiger partial charge in [0.2, 0.25) is 11.8 Å². The van der Waals surface area contributed by atoms with Crippen LogP contribution in [0.25, 0.3) is 0 Å². The second-order valence-electron chi connectivity index (χ2n) is 5.44. The Kier molecular flexibility index (Phi) is 3.65. The van der Waals surface area contributed by atoms with Crippen molar-refractivity contribution in [3.8, 4) is 5.88 Å². The summed E-state index contributed by atoms with van der Waals surface area (Å²) in [7, 11) is 0. The highest BCUT2D eigenvalue weighted by Crippen LogP contribution is 2.40. The summed E-state index contributed by atoms with van der Waals surface area (Å²) in [6, 6.07) is 3.07. The molecule has 1 aromatic rings. The van der Waals surface area contributed by atoms with E-state index in [1.807, 2.05) is 19.9 Å². The Bertz CT molecular complexity index is 454. The van der Waals surface area contributed by atoms with Crippen molar-refractivity contribution in [1.82, 2.24) is 9.97 Å². The van der Waals surface area contributed by atoms with Gasteiger partial charge in [0.1, 0.15) is 0 Å². The summed E-state index contributed by atoms with van der Waals surface area (Å²) in [4.78, 5) is 12.3. The standard InChI is InChI=1S/C14H20BrN3O/c1-3-19-13-6-9(2)16-14(17-13)18-11-4-5-12(18)8-10(15)7-11/h6,10-12H,3-5,7-8H2,1-2H3. The number of piperidine rings is 1. The summed E-state index contributed by atoms with van der Waals surface area (Å²) in [5.41, 5.74) is 0.980. The average Bonchev–Trinajstić information content (AvgIpc) is 2.61.